The maximum atomic E-state index is 12.1. The van der Waals surface area contributed by atoms with Gasteiger partial charge in [-0.1, -0.05) is 6.07 Å². The summed E-state index contributed by atoms with van der Waals surface area (Å²) in [6.07, 6.45) is 1.52. The van der Waals surface area contributed by atoms with E-state index in [1.54, 1.807) is 13.8 Å². The number of nitrogens with one attached hydrogen (secondary N) is 1. The summed E-state index contributed by atoms with van der Waals surface area (Å²) in [4.78, 5) is 26.0. The van der Waals surface area contributed by atoms with Crippen LogP contribution in [0, 0.1) is 17.0 Å². The molecule has 1 heterocycles. The number of phenolic OH excluding ortho intramolecular Hbond substituents is 1. The van der Waals surface area contributed by atoms with E-state index in [1.807, 2.05) is 0 Å². The Morgan fingerprint density at radius 3 is 2.81 bits per heavy atom. The average Bonchev–Trinajstić information content (AvgIpc) is 2.85. The Kier molecular flexibility index (Phi) is 3.88. The largest absolute Gasteiger partial charge is 0.502 e. The number of rotatable bonds is 4. The van der Waals surface area contributed by atoms with E-state index in [9.17, 15) is 20.0 Å². The zero-order chi connectivity index (χ0) is 15.6. The summed E-state index contributed by atoms with van der Waals surface area (Å²) in [5.74, 6) is -0.412. The molecule has 1 aromatic heterocycles. The summed E-state index contributed by atoms with van der Waals surface area (Å²) in [5, 5.41) is 23.1. The van der Waals surface area contributed by atoms with E-state index in [0.717, 1.165) is 6.07 Å². The highest BCUT2D eigenvalue weighted by Gasteiger charge is 2.23. The van der Waals surface area contributed by atoms with Crippen molar-refractivity contribution in [1.82, 2.24) is 10.3 Å². The third kappa shape index (κ3) is 2.99. The van der Waals surface area contributed by atoms with Gasteiger partial charge in [-0.25, -0.2) is 4.98 Å². The van der Waals surface area contributed by atoms with Gasteiger partial charge in [-0.2, -0.15) is 0 Å². The molecule has 0 saturated carbocycles. The molecule has 0 spiro atoms. The van der Waals surface area contributed by atoms with E-state index >= 15 is 0 Å². The first-order chi connectivity index (χ1) is 9.90. The summed E-state index contributed by atoms with van der Waals surface area (Å²) in [6, 6.07) is 3.20. The normalized spacial score (nSPS) is 11.9. The van der Waals surface area contributed by atoms with Gasteiger partial charge in [0.15, 0.2) is 0 Å². The van der Waals surface area contributed by atoms with Crippen LogP contribution in [0.15, 0.2) is 28.8 Å². The van der Waals surface area contributed by atoms with Crippen LogP contribution in [-0.2, 0) is 0 Å². The smallest absolute Gasteiger partial charge is 0.311 e. The molecule has 0 bridgehead atoms. The van der Waals surface area contributed by atoms with Gasteiger partial charge in [0, 0.05) is 6.07 Å². The number of carbonyl (C=O) groups is 1. The molecule has 2 rings (SSSR count). The van der Waals surface area contributed by atoms with E-state index in [-0.39, 0.29) is 5.56 Å². The molecular weight excluding hydrogens is 278 g/mol. The molecule has 0 fully saturated rings. The molecular formula is C13H13N3O5. The lowest BCUT2D eigenvalue weighted by Gasteiger charge is -2.11. The highest BCUT2D eigenvalue weighted by molar-refractivity contribution is 5.98. The molecule has 2 aromatic rings. The Morgan fingerprint density at radius 2 is 2.24 bits per heavy atom. The molecule has 0 radical (unpaired) electrons. The Hall–Kier alpha value is -2.90. The number of benzene rings is 1. The maximum Gasteiger partial charge on any atom is 0.311 e. The monoisotopic (exact) mass is 291 g/mol. The summed E-state index contributed by atoms with van der Waals surface area (Å²) >= 11 is 0. The van der Waals surface area contributed by atoms with Gasteiger partial charge in [0.2, 0.25) is 11.6 Å². The van der Waals surface area contributed by atoms with Crippen LogP contribution in [0.1, 0.15) is 35.0 Å². The van der Waals surface area contributed by atoms with Crippen LogP contribution in [0.25, 0.3) is 0 Å². The lowest BCUT2D eigenvalue weighted by atomic mass is 10.1. The van der Waals surface area contributed by atoms with Crippen molar-refractivity contribution in [1.29, 1.82) is 0 Å². The van der Waals surface area contributed by atoms with E-state index < -0.39 is 28.3 Å². The number of nitrogens with zero attached hydrogens (tertiary/aromatic N) is 2. The average molecular weight is 291 g/mol. The van der Waals surface area contributed by atoms with Gasteiger partial charge in [-0.3, -0.25) is 14.9 Å². The standard InChI is InChI=1S/C13H13N3O5/c1-7-6-14-13(21-7)8(2)15-12(18)9-4-3-5-10(11(9)17)16(19)20/h3-6,8,17H,1-2H3,(H,15,18). The van der Waals surface area contributed by atoms with Crippen LogP contribution in [0.3, 0.4) is 0 Å². The number of oxazole rings is 1. The Labute approximate surface area is 119 Å². The van der Waals surface area contributed by atoms with Crippen molar-refractivity contribution in [2.24, 2.45) is 0 Å². The van der Waals surface area contributed by atoms with Crippen LogP contribution in [-0.4, -0.2) is 20.9 Å². The van der Waals surface area contributed by atoms with E-state index in [0.29, 0.717) is 11.7 Å². The van der Waals surface area contributed by atoms with Crippen LogP contribution in [0.4, 0.5) is 5.69 Å². The molecule has 110 valence electrons. The molecule has 0 aliphatic rings. The number of aromatic hydroxyl groups is 1. The number of hydrogen-bond acceptors (Lipinski definition) is 6. The number of para-hydroxylation sites is 1. The minimum absolute atomic E-state index is 0.181. The van der Waals surface area contributed by atoms with Crippen LogP contribution in [0.5, 0.6) is 5.75 Å². The maximum absolute atomic E-state index is 12.1. The molecule has 21 heavy (non-hydrogen) atoms. The van der Waals surface area contributed by atoms with Gasteiger partial charge < -0.3 is 14.8 Å². The number of aromatic nitrogens is 1. The summed E-state index contributed by atoms with van der Waals surface area (Å²) in [7, 11) is 0. The zero-order valence-corrected chi connectivity index (χ0v) is 11.4. The number of hydrogen-bond donors (Lipinski definition) is 2. The molecule has 1 unspecified atom stereocenters. The first-order valence-electron chi connectivity index (χ1n) is 6.09. The second-order valence-electron chi connectivity index (χ2n) is 4.43. The van der Waals surface area contributed by atoms with Gasteiger partial charge in [0.1, 0.15) is 11.8 Å². The van der Waals surface area contributed by atoms with Crippen molar-refractivity contribution >= 4 is 11.6 Å². The zero-order valence-electron chi connectivity index (χ0n) is 11.4. The first-order valence-corrected chi connectivity index (χ1v) is 6.09. The molecule has 0 aliphatic carbocycles. The lowest BCUT2D eigenvalue weighted by molar-refractivity contribution is -0.385. The van der Waals surface area contributed by atoms with Crippen molar-refractivity contribution in [3.8, 4) is 5.75 Å². The molecule has 1 amide bonds. The Morgan fingerprint density at radius 1 is 1.52 bits per heavy atom. The third-order valence-corrected chi connectivity index (χ3v) is 2.81. The number of aryl methyl sites for hydroxylation is 1. The molecule has 8 nitrogen and oxygen atoms in total. The fourth-order valence-electron chi connectivity index (χ4n) is 1.77. The number of nitro groups is 1. The number of carbonyl (C=O) groups excluding carboxylic acids is 1. The van der Waals surface area contributed by atoms with Crippen LogP contribution in [0.2, 0.25) is 0 Å². The molecule has 2 N–H and O–H groups in total. The SMILES string of the molecule is Cc1cnc(C(C)NC(=O)c2cccc([N+](=O)[O-])c2O)o1. The van der Waals surface area contributed by atoms with E-state index in [4.69, 9.17) is 4.42 Å². The second-order valence-corrected chi connectivity index (χ2v) is 4.43. The topological polar surface area (TPSA) is 118 Å². The minimum Gasteiger partial charge on any atom is -0.502 e. The molecule has 8 heteroatoms. The number of phenols is 1. The van der Waals surface area contributed by atoms with Gasteiger partial charge in [-0.05, 0) is 19.9 Å². The fraction of sp³-hybridized carbons (Fsp3) is 0.231. The Bertz CT molecular complexity index is 695. The van der Waals surface area contributed by atoms with Gasteiger partial charge >= 0.3 is 5.69 Å². The Balaban J connectivity index is 2.21. The predicted molar refractivity (Wildman–Crippen MR) is 71.9 cm³/mol. The minimum atomic E-state index is -0.757. The highest BCUT2D eigenvalue weighted by Crippen LogP contribution is 2.29. The fourth-order valence-corrected chi connectivity index (χ4v) is 1.77. The van der Waals surface area contributed by atoms with Gasteiger partial charge in [0.25, 0.3) is 5.91 Å². The second kappa shape index (κ2) is 5.61. The molecule has 0 saturated heterocycles. The molecule has 0 aliphatic heterocycles. The highest BCUT2D eigenvalue weighted by atomic mass is 16.6. The van der Waals surface area contributed by atoms with E-state index in [1.165, 1.54) is 18.3 Å². The van der Waals surface area contributed by atoms with Gasteiger partial charge in [-0.15, -0.1) is 0 Å². The summed E-state index contributed by atoms with van der Waals surface area (Å²) in [6.45, 7) is 3.37. The molecule has 1 atom stereocenters. The molecule has 1 aromatic carbocycles. The van der Waals surface area contributed by atoms with E-state index in [2.05, 4.69) is 10.3 Å². The van der Waals surface area contributed by atoms with Crippen LogP contribution >= 0.6 is 0 Å². The summed E-state index contributed by atoms with van der Waals surface area (Å²) in [5.41, 5.74) is -0.707. The van der Waals surface area contributed by atoms with Gasteiger partial charge in [0.05, 0.1) is 16.7 Å². The van der Waals surface area contributed by atoms with Crippen molar-refractivity contribution in [2.75, 3.05) is 0 Å². The van der Waals surface area contributed by atoms with Crippen LogP contribution < -0.4 is 5.32 Å². The third-order valence-electron chi connectivity index (χ3n) is 2.81. The number of nitro benzene ring substituents is 1. The first kappa shape index (κ1) is 14.5. The van der Waals surface area contributed by atoms with Crippen molar-refractivity contribution in [3.05, 3.63) is 51.7 Å². The van der Waals surface area contributed by atoms with Crippen molar-refractivity contribution < 1.29 is 19.2 Å². The lowest BCUT2D eigenvalue weighted by Crippen LogP contribution is -2.27. The van der Waals surface area contributed by atoms with Crippen molar-refractivity contribution in [2.45, 2.75) is 19.9 Å². The summed E-state index contributed by atoms with van der Waals surface area (Å²) < 4.78 is 5.28. The van der Waals surface area contributed by atoms with Crippen molar-refractivity contribution in [3.63, 3.8) is 0 Å². The quantitative estimate of drug-likeness (QED) is 0.657. The predicted octanol–water partition coefficient (Wildman–Crippen LogP) is 2.09. The number of amides is 1.